The summed E-state index contributed by atoms with van der Waals surface area (Å²) in [6.45, 7) is 1.00. The van der Waals surface area contributed by atoms with Gasteiger partial charge in [0.05, 0.1) is 13.2 Å². The molecule has 2 amide bonds. The number of hydrogen-bond acceptors (Lipinski definition) is 4. The van der Waals surface area contributed by atoms with Crippen molar-refractivity contribution in [2.75, 3.05) is 37.4 Å². The lowest BCUT2D eigenvalue weighted by Crippen LogP contribution is -2.27. The molecular weight excluding hydrogens is 386 g/mol. The second kappa shape index (κ2) is 9.80. The molecule has 0 saturated carbocycles. The smallest absolute Gasteiger partial charge is 0.251 e. The van der Waals surface area contributed by atoms with E-state index in [0.29, 0.717) is 30.1 Å². The molecule has 0 aliphatic rings. The average Bonchev–Trinajstić information content (AvgIpc) is 2.60. The molecule has 7 heteroatoms. The zero-order chi connectivity index (χ0) is 18.1. The van der Waals surface area contributed by atoms with Gasteiger partial charge in [-0.3, -0.25) is 9.59 Å². The lowest BCUT2D eigenvalue weighted by atomic mass is 10.2. The zero-order valence-corrected chi connectivity index (χ0v) is 15.4. The first kappa shape index (κ1) is 19.0. The fourth-order valence-corrected chi connectivity index (χ4v) is 2.49. The number of hydrogen-bond donors (Lipinski definition) is 3. The van der Waals surface area contributed by atoms with Crippen LogP contribution in [-0.2, 0) is 9.53 Å². The Hall–Kier alpha value is -2.38. The number of carbonyl (C=O) groups excluding carboxylic acids is 2. The zero-order valence-electron chi connectivity index (χ0n) is 13.8. The predicted molar refractivity (Wildman–Crippen MR) is 102 cm³/mol. The summed E-state index contributed by atoms with van der Waals surface area (Å²) in [5.41, 5.74) is 1.93. The number of rotatable bonds is 8. The topological polar surface area (TPSA) is 79.5 Å². The van der Waals surface area contributed by atoms with Crippen LogP contribution in [0, 0.1) is 0 Å². The Bertz CT molecular complexity index is 737. The van der Waals surface area contributed by atoms with Gasteiger partial charge in [0.15, 0.2) is 0 Å². The van der Waals surface area contributed by atoms with Gasteiger partial charge in [-0.15, -0.1) is 0 Å². The lowest BCUT2D eigenvalue weighted by Gasteiger charge is -2.10. The van der Waals surface area contributed by atoms with Crippen LogP contribution in [0.4, 0.5) is 11.4 Å². The second-order valence-corrected chi connectivity index (χ2v) is 6.16. The van der Waals surface area contributed by atoms with Crippen LogP contribution in [0.25, 0.3) is 0 Å². The number of nitrogens with one attached hydrogen (secondary N) is 3. The molecule has 0 heterocycles. The largest absolute Gasteiger partial charge is 0.383 e. The van der Waals surface area contributed by atoms with E-state index in [-0.39, 0.29) is 18.4 Å². The molecule has 0 aromatic heterocycles. The van der Waals surface area contributed by atoms with E-state index < -0.39 is 0 Å². The van der Waals surface area contributed by atoms with Crippen LogP contribution in [-0.4, -0.2) is 38.6 Å². The number of carbonyl (C=O) groups is 2. The van der Waals surface area contributed by atoms with Crippen LogP contribution in [0.1, 0.15) is 10.4 Å². The lowest BCUT2D eigenvalue weighted by molar-refractivity contribution is -0.114. The Balaban J connectivity index is 1.87. The van der Waals surface area contributed by atoms with Gasteiger partial charge in [0.2, 0.25) is 5.91 Å². The highest BCUT2D eigenvalue weighted by Crippen LogP contribution is 2.15. The highest BCUT2D eigenvalue weighted by atomic mass is 79.9. The molecule has 0 unspecified atom stereocenters. The monoisotopic (exact) mass is 405 g/mol. The minimum atomic E-state index is -0.181. The van der Waals surface area contributed by atoms with Crippen molar-refractivity contribution < 1.29 is 14.3 Å². The number of methoxy groups -OCH3 is 1. The molecule has 0 saturated heterocycles. The van der Waals surface area contributed by atoms with Crippen molar-refractivity contribution in [2.45, 2.75) is 0 Å². The molecule has 6 nitrogen and oxygen atoms in total. The van der Waals surface area contributed by atoms with Gasteiger partial charge in [0, 0.05) is 35.1 Å². The molecule has 0 fully saturated rings. The molecule has 2 aromatic rings. The summed E-state index contributed by atoms with van der Waals surface area (Å²) in [7, 11) is 1.58. The van der Waals surface area contributed by atoms with E-state index in [9.17, 15) is 9.59 Å². The highest BCUT2D eigenvalue weighted by molar-refractivity contribution is 9.10. The molecule has 3 N–H and O–H groups in total. The molecular formula is C18H20BrN3O3. The van der Waals surface area contributed by atoms with Crippen LogP contribution in [0.2, 0.25) is 0 Å². The molecule has 2 aromatic carbocycles. The Morgan fingerprint density at radius 2 is 1.84 bits per heavy atom. The molecule has 0 aliphatic carbocycles. The van der Waals surface area contributed by atoms with Crippen molar-refractivity contribution >= 4 is 39.1 Å². The number of anilines is 2. The third-order valence-electron chi connectivity index (χ3n) is 3.28. The molecule has 0 aliphatic heterocycles. The van der Waals surface area contributed by atoms with Crippen LogP contribution in [0.15, 0.2) is 53.0 Å². The predicted octanol–water partition coefficient (Wildman–Crippen LogP) is 2.88. The maximum Gasteiger partial charge on any atom is 0.251 e. The van der Waals surface area contributed by atoms with E-state index in [1.54, 1.807) is 31.4 Å². The van der Waals surface area contributed by atoms with Gasteiger partial charge in [-0.1, -0.05) is 28.1 Å². The molecule has 132 valence electrons. The van der Waals surface area contributed by atoms with Crippen LogP contribution in [0.3, 0.4) is 0 Å². The first-order valence-corrected chi connectivity index (χ1v) is 8.54. The van der Waals surface area contributed by atoms with E-state index in [4.69, 9.17) is 4.74 Å². The fourth-order valence-electron chi connectivity index (χ4n) is 2.09. The van der Waals surface area contributed by atoms with Gasteiger partial charge >= 0.3 is 0 Å². The van der Waals surface area contributed by atoms with Gasteiger partial charge < -0.3 is 20.7 Å². The second-order valence-electron chi connectivity index (χ2n) is 5.24. The molecule has 2 rings (SSSR count). The van der Waals surface area contributed by atoms with Gasteiger partial charge in [0.25, 0.3) is 5.91 Å². The number of halogens is 1. The van der Waals surface area contributed by atoms with Crippen molar-refractivity contribution in [3.05, 3.63) is 58.6 Å². The van der Waals surface area contributed by atoms with E-state index in [0.717, 1.165) is 4.47 Å². The normalized spacial score (nSPS) is 10.2. The number of benzene rings is 2. The van der Waals surface area contributed by atoms with Crippen molar-refractivity contribution in [3.8, 4) is 0 Å². The molecule has 0 bridgehead atoms. The quantitative estimate of drug-likeness (QED) is 0.589. The van der Waals surface area contributed by atoms with E-state index in [1.807, 2.05) is 24.3 Å². The van der Waals surface area contributed by atoms with Gasteiger partial charge in [0.1, 0.15) is 0 Å². The Morgan fingerprint density at radius 1 is 1.08 bits per heavy atom. The molecule has 0 radical (unpaired) electrons. The Kier molecular flexibility index (Phi) is 7.43. The maximum atomic E-state index is 12.0. The first-order chi connectivity index (χ1) is 12.1. The SMILES string of the molecule is COCCNC(=O)c1cccc(NCC(=O)Nc2cccc(Br)c2)c1. The molecule has 0 spiro atoms. The van der Waals surface area contributed by atoms with Crippen LogP contribution in [0.5, 0.6) is 0 Å². The van der Waals surface area contributed by atoms with Crippen LogP contribution >= 0.6 is 15.9 Å². The third-order valence-corrected chi connectivity index (χ3v) is 3.77. The molecule has 25 heavy (non-hydrogen) atoms. The van der Waals surface area contributed by atoms with Crippen molar-refractivity contribution in [2.24, 2.45) is 0 Å². The minimum Gasteiger partial charge on any atom is -0.383 e. The molecule has 0 atom stereocenters. The summed E-state index contributed by atoms with van der Waals surface area (Å²) in [5.74, 6) is -0.354. The summed E-state index contributed by atoms with van der Waals surface area (Å²) in [6, 6.07) is 14.4. The summed E-state index contributed by atoms with van der Waals surface area (Å²) in [6.07, 6.45) is 0. The van der Waals surface area contributed by atoms with E-state index in [1.165, 1.54) is 0 Å². The van der Waals surface area contributed by atoms with E-state index >= 15 is 0 Å². The van der Waals surface area contributed by atoms with Gasteiger partial charge in [-0.05, 0) is 36.4 Å². The number of amides is 2. The fraction of sp³-hybridized carbons (Fsp3) is 0.222. The summed E-state index contributed by atoms with van der Waals surface area (Å²) in [5, 5.41) is 8.57. The minimum absolute atomic E-state index is 0.0985. The average molecular weight is 406 g/mol. The summed E-state index contributed by atoms with van der Waals surface area (Å²) >= 11 is 3.36. The van der Waals surface area contributed by atoms with Crippen molar-refractivity contribution in [3.63, 3.8) is 0 Å². The standard InChI is InChI=1S/C18H20BrN3O3/c1-25-9-8-20-18(24)13-4-2-6-15(10-13)21-12-17(23)22-16-7-3-5-14(19)11-16/h2-7,10-11,21H,8-9,12H2,1H3,(H,20,24)(H,22,23). The summed E-state index contributed by atoms with van der Waals surface area (Å²) in [4.78, 5) is 24.0. The van der Waals surface area contributed by atoms with Crippen molar-refractivity contribution in [1.29, 1.82) is 0 Å². The first-order valence-electron chi connectivity index (χ1n) is 7.75. The van der Waals surface area contributed by atoms with Gasteiger partial charge in [-0.25, -0.2) is 0 Å². The highest BCUT2D eigenvalue weighted by Gasteiger charge is 2.07. The Labute approximate surface area is 155 Å². The third kappa shape index (κ3) is 6.56. The summed E-state index contributed by atoms with van der Waals surface area (Å²) < 4.78 is 5.79. The number of ether oxygens (including phenoxy) is 1. The Morgan fingerprint density at radius 3 is 2.60 bits per heavy atom. The maximum absolute atomic E-state index is 12.0. The van der Waals surface area contributed by atoms with Crippen molar-refractivity contribution in [1.82, 2.24) is 5.32 Å². The van der Waals surface area contributed by atoms with Crippen LogP contribution < -0.4 is 16.0 Å². The van der Waals surface area contributed by atoms with E-state index in [2.05, 4.69) is 31.9 Å². The van der Waals surface area contributed by atoms with Gasteiger partial charge in [-0.2, -0.15) is 0 Å².